The highest BCUT2D eigenvalue weighted by Crippen LogP contribution is 2.31. The number of halogens is 1. The summed E-state index contributed by atoms with van der Waals surface area (Å²) in [6.07, 6.45) is 0. The lowest BCUT2D eigenvalue weighted by molar-refractivity contribution is 0.0995. The van der Waals surface area contributed by atoms with Crippen LogP contribution in [0.25, 0.3) is 0 Å². The van der Waals surface area contributed by atoms with E-state index in [0.717, 1.165) is 6.07 Å². The molecule has 0 spiro atoms. The van der Waals surface area contributed by atoms with Crippen molar-refractivity contribution in [3.05, 3.63) is 52.8 Å². The lowest BCUT2D eigenvalue weighted by Gasteiger charge is -2.14. The van der Waals surface area contributed by atoms with Gasteiger partial charge >= 0.3 is 0 Å². The van der Waals surface area contributed by atoms with Crippen molar-refractivity contribution in [2.24, 2.45) is 5.73 Å². The molecule has 2 aromatic carbocycles. The van der Waals surface area contributed by atoms with E-state index in [9.17, 15) is 14.0 Å². The minimum absolute atomic E-state index is 0.0361. The number of hydrogen-bond donors (Lipinski definition) is 2. The maximum atomic E-state index is 13.9. The van der Waals surface area contributed by atoms with Gasteiger partial charge in [0, 0.05) is 16.8 Å². The highest BCUT2D eigenvalue weighted by molar-refractivity contribution is 6.07. The number of rotatable bonds is 5. The molecular weight excluding hydrogens is 315 g/mol. The lowest BCUT2D eigenvalue weighted by atomic mass is 10.1. The van der Waals surface area contributed by atoms with E-state index in [1.165, 1.54) is 27.2 Å². The molecule has 2 rings (SSSR count). The monoisotopic (exact) mass is 332 g/mol. The molecule has 0 radical (unpaired) electrons. The molecule has 7 heteroatoms. The van der Waals surface area contributed by atoms with Crippen molar-refractivity contribution in [3.8, 4) is 11.5 Å². The maximum absolute atomic E-state index is 13.9. The molecule has 0 aliphatic carbocycles. The van der Waals surface area contributed by atoms with E-state index in [0.29, 0.717) is 5.75 Å². The Morgan fingerprint density at radius 1 is 1.17 bits per heavy atom. The van der Waals surface area contributed by atoms with Crippen LogP contribution in [-0.2, 0) is 0 Å². The second kappa shape index (κ2) is 6.99. The van der Waals surface area contributed by atoms with E-state index in [-0.39, 0.29) is 28.1 Å². The van der Waals surface area contributed by atoms with Gasteiger partial charge in [0.25, 0.3) is 5.91 Å². The van der Waals surface area contributed by atoms with E-state index in [2.05, 4.69) is 5.32 Å². The van der Waals surface area contributed by atoms with Gasteiger partial charge in [-0.3, -0.25) is 9.59 Å². The van der Waals surface area contributed by atoms with Crippen molar-refractivity contribution in [1.29, 1.82) is 0 Å². The summed E-state index contributed by atoms with van der Waals surface area (Å²) in [5.74, 6) is -1.32. The lowest BCUT2D eigenvalue weighted by Crippen LogP contribution is -2.17. The first-order valence-electron chi connectivity index (χ1n) is 7.01. The van der Waals surface area contributed by atoms with E-state index in [4.69, 9.17) is 15.2 Å². The number of ether oxygens (including phenoxy) is 2. The van der Waals surface area contributed by atoms with Crippen molar-refractivity contribution < 1.29 is 23.5 Å². The normalized spacial score (nSPS) is 10.2. The minimum atomic E-state index is -0.789. The largest absolute Gasteiger partial charge is 0.493 e. The summed E-state index contributed by atoms with van der Waals surface area (Å²) in [7, 11) is 2.86. The van der Waals surface area contributed by atoms with E-state index in [1.54, 1.807) is 18.2 Å². The second-order valence-corrected chi connectivity index (χ2v) is 4.99. The van der Waals surface area contributed by atoms with Crippen LogP contribution in [0.15, 0.2) is 30.3 Å². The van der Waals surface area contributed by atoms with Crippen LogP contribution < -0.4 is 20.5 Å². The molecule has 3 N–H and O–H groups in total. The van der Waals surface area contributed by atoms with E-state index < -0.39 is 17.6 Å². The number of primary amides is 1. The fourth-order valence-corrected chi connectivity index (χ4v) is 2.21. The first kappa shape index (κ1) is 17.3. The van der Waals surface area contributed by atoms with Crippen LogP contribution in [0, 0.1) is 12.7 Å². The van der Waals surface area contributed by atoms with Gasteiger partial charge in [0.15, 0.2) is 11.5 Å². The van der Waals surface area contributed by atoms with Gasteiger partial charge < -0.3 is 20.5 Å². The number of amides is 2. The Morgan fingerprint density at radius 3 is 2.46 bits per heavy atom. The van der Waals surface area contributed by atoms with E-state index in [1.807, 2.05) is 0 Å². The molecule has 6 nitrogen and oxygen atoms in total. The molecule has 2 aromatic rings. The molecule has 24 heavy (non-hydrogen) atoms. The second-order valence-electron chi connectivity index (χ2n) is 4.99. The first-order chi connectivity index (χ1) is 11.4. The van der Waals surface area contributed by atoms with E-state index >= 15 is 0 Å². The van der Waals surface area contributed by atoms with Gasteiger partial charge in [0.05, 0.1) is 19.8 Å². The molecule has 0 aliphatic rings. The molecular formula is C17H17FN2O4. The molecule has 0 aliphatic heterocycles. The smallest absolute Gasteiger partial charge is 0.259 e. The van der Waals surface area contributed by atoms with Gasteiger partial charge in [-0.25, -0.2) is 4.39 Å². The topological polar surface area (TPSA) is 90.6 Å². The van der Waals surface area contributed by atoms with Gasteiger partial charge in [0.1, 0.15) is 5.82 Å². The Kier molecular flexibility index (Phi) is 5.03. The van der Waals surface area contributed by atoms with Crippen LogP contribution in [0.3, 0.4) is 0 Å². The third-order valence-electron chi connectivity index (χ3n) is 3.52. The Balaban J connectivity index is 2.42. The Hall–Kier alpha value is -3.09. The maximum Gasteiger partial charge on any atom is 0.259 e. The number of anilines is 1. The fourth-order valence-electron chi connectivity index (χ4n) is 2.21. The number of nitrogens with two attached hydrogens (primary N) is 1. The molecule has 0 bridgehead atoms. The highest BCUT2D eigenvalue weighted by atomic mass is 19.1. The number of nitrogens with one attached hydrogen (secondary N) is 1. The van der Waals surface area contributed by atoms with Crippen LogP contribution in [-0.4, -0.2) is 26.0 Å². The first-order valence-corrected chi connectivity index (χ1v) is 7.01. The Morgan fingerprint density at radius 2 is 1.88 bits per heavy atom. The number of methoxy groups -OCH3 is 2. The zero-order chi connectivity index (χ0) is 17.9. The summed E-state index contributed by atoms with van der Waals surface area (Å²) in [6, 6.07) is 7.17. The summed E-state index contributed by atoms with van der Waals surface area (Å²) in [5.41, 5.74) is 5.69. The SMILES string of the molecule is COc1cccc(C(=O)Nc2cc(C(N)=O)cc(F)c2C)c1OC. The van der Waals surface area contributed by atoms with Crippen LogP contribution in [0.1, 0.15) is 26.3 Å². The molecule has 0 heterocycles. The summed E-state index contributed by atoms with van der Waals surface area (Å²) < 4.78 is 24.3. The Labute approximate surface area is 138 Å². The van der Waals surface area contributed by atoms with Crippen molar-refractivity contribution in [2.75, 3.05) is 19.5 Å². The van der Waals surface area contributed by atoms with Crippen LogP contribution >= 0.6 is 0 Å². The van der Waals surface area contributed by atoms with Crippen LogP contribution in [0.4, 0.5) is 10.1 Å². The summed E-state index contributed by atoms with van der Waals surface area (Å²) in [5, 5.41) is 2.57. The number of carbonyl (C=O) groups excluding carboxylic acids is 2. The average Bonchev–Trinajstić information content (AvgIpc) is 2.57. The molecule has 2 amide bonds. The predicted molar refractivity (Wildman–Crippen MR) is 87.2 cm³/mol. The molecule has 0 unspecified atom stereocenters. The van der Waals surface area contributed by atoms with Gasteiger partial charge in [-0.2, -0.15) is 0 Å². The van der Waals surface area contributed by atoms with Crippen LogP contribution in [0.2, 0.25) is 0 Å². The molecule has 126 valence electrons. The quantitative estimate of drug-likeness (QED) is 0.880. The van der Waals surface area contributed by atoms with Gasteiger partial charge in [0.2, 0.25) is 5.91 Å². The standard InChI is InChI=1S/C17H17FN2O4/c1-9-12(18)7-10(16(19)21)8-13(9)20-17(22)11-5-4-6-14(23-2)15(11)24-3/h4-8H,1-3H3,(H2,19,21)(H,20,22). The predicted octanol–water partition coefficient (Wildman–Crippen LogP) is 2.50. The average molecular weight is 332 g/mol. The number of carbonyl (C=O) groups is 2. The molecule has 0 aromatic heterocycles. The summed E-state index contributed by atoms with van der Waals surface area (Å²) in [4.78, 5) is 23.8. The summed E-state index contributed by atoms with van der Waals surface area (Å²) >= 11 is 0. The molecule has 0 saturated carbocycles. The van der Waals surface area contributed by atoms with Gasteiger partial charge in [-0.1, -0.05) is 6.07 Å². The molecule has 0 fully saturated rings. The fraction of sp³-hybridized carbons (Fsp3) is 0.176. The van der Waals surface area contributed by atoms with Gasteiger partial charge in [-0.15, -0.1) is 0 Å². The highest BCUT2D eigenvalue weighted by Gasteiger charge is 2.18. The van der Waals surface area contributed by atoms with Crippen molar-refractivity contribution in [1.82, 2.24) is 0 Å². The number of para-hydroxylation sites is 1. The zero-order valence-corrected chi connectivity index (χ0v) is 13.5. The number of hydrogen-bond acceptors (Lipinski definition) is 4. The Bertz CT molecular complexity index is 805. The molecule has 0 saturated heterocycles. The van der Waals surface area contributed by atoms with Gasteiger partial charge in [-0.05, 0) is 31.2 Å². The zero-order valence-electron chi connectivity index (χ0n) is 13.5. The number of benzene rings is 2. The van der Waals surface area contributed by atoms with Crippen molar-refractivity contribution in [2.45, 2.75) is 6.92 Å². The third kappa shape index (κ3) is 3.29. The van der Waals surface area contributed by atoms with Crippen molar-refractivity contribution >= 4 is 17.5 Å². The minimum Gasteiger partial charge on any atom is -0.493 e. The van der Waals surface area contributed by atoms with Crippen molar-refractivity contribution in [3.63, 3.8) is 0 Å². The van der Waals surface area contributed by atoms with Crippen LogP contribution in [0.5, 0.6) is 11.5 Å². The molecule has 0 atom stereocenters. The summed E-state index contributed by atoms with van der Waals surface area (Å²) in [6.45, 7) is 1.48. The third-order valence-corrected chi connectivity index (χ3v) is 3.52.